The minimum absolute atomic E-state index is 0.0208. The lowest BCUT2D eigenvalue weighted by atomic mass is 10.1. The fourth-order valence-electron chi connectivity index (χ4n) is 1.65. The first-order valence-electron chi connectivity index (χ1n) is 5.56. The van der Waals surface area contributed by atoms with Gasteiger partial charge < -0.3 is 10.4 Å². The number of carbonyl (C=O) groups is 1. The molecule has 0 radical (unpaired) electrons. The number of benzene rings is 1. The fourth-order valence-corrected chi connectivity index (χ4v) is 1.65. The van der Waals surface area contributed by atoms with Crippen molar-refractivity contribution in [1.29, 1.82) is 0 Å². The Morgan fingerprint density at radius 1 is 1.31 bits per heavy atom. The van der Waals surface area contributed by atoms with E-state index in [1.165, 1.54) is 0 Å². The Balaban J connectivity index is 2.80. The molecular formula is C13H19NO2. The predicted octanol–water partition coefficient (Wildman–Crippen LogP) is 1.80. The standard InChI is InChI=1S/C13H19NO2/c1-4-12(8-15)14-13(16)11-6-9(2)5-10(3)7-11/h5-7,12,15H,4,8H2,1-3H3,(H,14,16). The number of aryl methyl sites for hydroxylation is 2. The Kier molecular flexibility index (Phi) is 4.50. The molecule has 0 saturated heterocycles. The van der Waals surface area contributed by atoms with E-state index in [0.717, 1.165) is 17.5 Å². The maximum Gasteiger partial charge on any atom is 0.251 e. The Morgan fingerprint density at radius 2 is 1.88 bits per heavy atom. The number of amides is 1. The molecule has 0 aliphatic rings. The van der Waals surface area contributed by atoms with Crippen LogP contribution in [0.15, 0.2) is 18.2 Å². The van der Waals surface area contributed by atoms with E-state index in [-0.39, 0.29) is 18.6 Å². The monoisotopic (exact) mass is 221 g/mol. The predicted molar refractivity (Wildman–Crippen MR) is 64.5 cm³/mol. The van der Waals surface area contributed by atoms with Gasteiger partial charge in [0.15, 0.2) is 0 Å². The summed E-state index contributed by atoms with van der Waals surface area (Å²) >= 11 is 0. The van der Waals surface area contributed by atoms with Crippen LogP contribution in [0.1, 0.15) is 34.8 Å². The Bertz CT molecular complexity index is 350. The van der Waals surface area contributed by atoms with Gasteiger partial charge in [0.2, 0.25) is 0 Å². The van der Waals surface area contributed by atoms with Crippen molar-refractivity contribution in [3.63, 3.8) is 0 Å². The van der Waals surface area contributed by atoms with E-state index in [1.54, 1.807) is 0 Å². The van der Waals surface area contributed by atoms with Gasteiger partial charge in [-0.25, -0.2) is 0 Å². The first kappa shape index (κ1) is 12.7. The van der Waals surface area contributed by atoms with E-state index in [1.807, 2.05) is 39.0 Å². The van der Waals surface area contributed by atoms with Crippen molar-refractivity contribution in [3.8, 4) is 0 Å². The van der Waals surface area contributed by atoms with Crippen molar-refractivity contribution in [2.45, 2.75) is 33.2 Å². The Morgan fingerprint density at radius 3 is 2.31 bits per heavy atom. The number of aliphatic hydroxyl groups excluding tert-OH is 1. The number of hydrogen-bond donors (Lipinski definition) is 2. The lowest BCUT2D eigenvalue weighted by molar-refractivity contribution is 0.0915. The molecule has 1 rings (SSSR count). The highest BCUT2D eigenvalue weighted by Crippen LogP contribution is 2.09. The molecular weight excluding hydrogens is 202 g/mol. The molecule has 1 aromatic rings. The van der Waals surface area contributed by atoms with Gasteiger partial charge in [-0.1, -0.05) is 24.1 Å². The summed E-state index contributed by atoms with van der Waals surface area (Å²) in [6, 6.07) is 5.58. The maximum atomic E-state index is 11.9. The molecule has 0 aliphatic heterocycles. The van der Waals surface area contributed by atoms with E-state index in [2.05, 4.69) is 5.32 Å². The van der Waals surface area contributed by atoms with Gasteiger partial charge in [0.25, 0.3) is 5.91 Å². The molecule has 1 atom stereocenters. The number of carbonyl (C=O) groups excluding carboxylic acids is 1. The highest BCUT2D eigenvalue weighted by Gasteiger charge is 2.11. The normalized spacial score (nSPS) is 12.2. The summed E-state index contributed by atoms with van der Waals surface area (Å²) in [5.41, 5.74) is 2.80. The highest BCUT2D eigenvalue weighted by atomic mass is 16.3. The molecule has 16 heavy (non-hydrogen) atoms. The first-order valence-corrected chi connectivity index (χ1v) is 5.56. The average molecular weight is 221 g/mol. The van der Waals surface area contributed by atoms with Crippen molar-refractivity contribution in [2.24, 2.45) is 0 Å². The van der Waals surface area contributed by atoms with Crippen molar-refractivity contribution in [2.75, 3.05) is 6.61 Å². The van der Waals surface area contributed by atoms with Gasteiger partial charge in [-0.2, -0.15) is 0 Å². The van der Waals surface area contributed by atoms with Crippen LogP contribution in [0.25, 0.3) is 0 Å². The quantitative estimate of drug-likeness (QED) is 0.814. The summed E-state index contributed by atoms with van der Waals surface area (Å²) in [6.07, 6.45) is 0.729. The number of nitrogens with one attached hydrogen (secondary N) is 1. The van der Waals surface area contributed by atoms with Crippen LogP contribution in [-0.4, -0.2) is 23.7 Å². The van der Waals surface area contributed by atoms with Crippen molar-refractivity contribution >= 4 is 5.91 Å². The van der Waals surface area contributed by atoms with Gasteiger partial charge in [-0.05, 0) is 32.4 Å². The molecule has 0 aromatic heterocycles. The molecule has 1 amide bonds. The number of aliphatic hydroxyl groups is 1. The molecule has 3 heteroatoms. The third-order valence-electron chi connectivity index (χ3n) is 2.53. The average Bonchev–Trinajstić information content (AvgIpc) is 2.24. The maximum absolute atomic E-state index is 11.9. The molecule has 0 fully saturated rings. The number of rotatable bonds is 4. The van der Waals surface area contributed by atoms with Crippen LogP contribution < -0.4 is 5.32 Å². The minimum atomic E-state index is -0.159. The van der Waals surface area contributed by atoms with Crippen LogP contribution in [0, 0.1) is 13.8 Å². The second kappa shape index (κ2) is 5.66. The molecule has 0 heterocycles. The molecule has 1 unspecified atom stereocenters. The summed E-state index contributed by atoms with van der Waals surface area (Å²) in [5, 5.41) is 11.8. The van der Waals surface area contributed by atoms with Gasteiger partial charge >= 0.3 is 0 Å². The van der Waals surface area contributed by atoms with Crippen LogP contribution in [-0.2, 0) is 0 Å². The van der Waals surface area contributed by atoms with Crippen molar-refractivity contribution in [3.05, 3.63) is 34.9 Å². The van der Waals surface area contributed by atoms with E-state index >= 15 is 0 Å². The second-order valence-corrected chi connectivity index (χ2v) is 4.14. The van der Waals surface area contributed by atoms with Crippen molar-refractivity contribution in [1.82, 2.24) is 5.32 Å². The molecule has 3 nitrogen and oxygen atoms in total. The molecule has 88 valence electrons. The van der Waals surface area contributed by atoms with Gasteiger partial charge in [-0.3, -0.25) is 4.79 Å². The summed E-state index contributed by atoms with van der Waals surface area (Å²) in [7, 11) is 0. The lowest BCUT2D eigenvalue weighted by Gasteiger charge is -2.14. The van der Waals surface area contributed by atoms with Gasteiger partial charge in [-0.15, -0.1) is 0 Å². The first-order chi connectivity index (χ1) is 7.56. The lowest BCUT2D eigenvalue weighted by Crippen LogP contribution is -2.36. The van der Waals surface area contributed by atoms with Gasteiger partial charge in [0.05, 0.1) is 12.6 Å². The third kappa shape index (κ3) is 3.35. The minimum Gasteiger partial charge on any atom is -0.394 e. The Hall–Kier alpha value is -1.35. The van der Waals surface area contributed by atoms with Gasteiger partial charge in [0.1, 0.15) is 0 Å². The molecule has 0 saturated carbocycles. The van der Waals surface area contributed by atoms with Crippen LogP contribution in [0.2, 0.25) is 0 Å². The van der Waals surface area contributed by atoms with Crippen LogP contribution >= 0.6 is 0 Å². The second-order valence-electron chi connectivity index (χ2n) is 4.14. The van der Waals surface area contributed by atoms with E-state index < -0.39 is 0 Å². The Labute approximate surface area is 96.5 Å². The number of hydrogen-bond acceptors (Lipinski definition) is 2. The fraction of sp³-hybridized carbons (Fsp3) is 0.462. The zero-order valence-electron chi connectivity index (χ0n) is 10.1. The molecule has 1 aromatic carbocycles. The highest BCUT2D eigenvalue weighted by molar-refractivity contribution is 5.94. The summed E-state index contributed by atoms with van der Waals surface area (Å²) in [5.74, 6) is -0.118. The topological polar surface area (TPSA) is 49.3 Å². The molecule has 2 N–H and O–H groups in total. The van der Waals surface area contributed by atoms with Crippen molar-refractivity contribution < 1.29 is 9.90 Å². The van der Waals surface area contributed by atoms with Crippen LogP contribution in [0.5, 0.6) is 0 Å². The molecule has 0 spiro atoms. The van der Waals surface area contributed by atoms with Crippen LogP contribution in [0.4, 0.5) is 0 Å². The SMILES string of the molecule is CCC(CO)NC(=O)c1cc(C)cc(C)c1. The summed E-state index contributed by atoms with van der Waals surface area (Å²) < 4.78 is 0. The molecule has 0 aliphatic carbocycles. The van der Waals surface area contributed by atoms with Gasteiger partial charge in [0, 0.05) is 5.56 Å². The smallest absolute Gasteiger partial charge is 0.251 e. The van der Waals surface area contributed by atoms with E-state index in [9.17, 15) is 4.79 Å². The van der Waals surface area contributed by atoms with Crippen LogP contribution in [0.3, 0.4) is 0 Å². The van der Waals surface area contributed by atoms with E-state index in [4.69, 9.17) is 5.11 Å². The zero-order chi connectivity index (χ0) is 12.1. The summed E-state index contributed by atoms with van der Waals surface area (Å²) in [4.78, 5) is 11.9. The largest absolute Gasteiger partial charge is 0.394 e. The zero-order valence-corrected chi connectivity index (χ0v) is 10.1. The van der Waals surface area contributed by atoms with E-state index in [0.29, 0.717) is 5.56 Å². The molecule has 0 bridgehead atoms. The third-order valence-corrected chi connectivity index (χ3v) is 2.53. The summed E-state index contributed by atoms with van der Waals surface area (Å²) in [6.45, 7) is 5.84.